The fourth-order valence-electron chi connectivity index (χ4n) is 2.99. The molecule has 0 fully saturated rings. The maximum Gasteiger partial charge on any atom is 0.291 e. The van der Waals surface area contributed by atoms with Crippen molar-refractivity contribution in [2.45, 2.75) is 63.3 Å². The summed E-state index contributed by atoms with van der Waals surface area (Å²) in [5.74, 6) is -0.548. The maximum atomic E-state index is 12.6. The Labute approximate surface area is 175 Å². The molecule has 2 N–H and O–H groups in total. The quantitative estimate of drug-likeness (QED) is 0.688. The molecule has 1 aromatic carbocycles. The van der Waals surface area contributed by atoms with Gasteiger partial charge in [0.05, 0.1) is 29.0 Å². The zero-order chi connectivity index (χ0) is 21.9. The smallest absolute Gasteiger partial charge is 0.291 e. The summed E-state index contributed by atoms with van der Waals surface area (Å²) in [6, 6.07) is 5.65. The van der Waals surface area contributed by atoms with Crippen LogP contribution in [0.5, 0.6) is 0 Å². The molecule has 0 radical (unpaired) electrons. The molecule has 1 aromatic heterocycles. The highest BCUT2D eigenvalue weighted by atomic mass is 32.2. The number of hydrogen-bond acceptors (Lipinski definition) is 7. The van der Waals surface area contributed by atoms with E-state index in [1.807, 2.05) is 27.7 Å². The first-order valence-electron chi connectivity index (χ1n) is 9.22. The summed E-state index contributed by atoms with van der Waals surface area (Å²) >= 11 is 0.817. The van der Waals surface area contributed by atoms with Crippen molar-refractivity contribution in [1.82, 2.24) is 9.71 Å². The van der Waals surface area contributed by atoms with Gasteiger partial charge in [-0.05, 0) is 47.6 Å². The molecule has 0 spiro atoms. The van der Waals surface area contributed by atoms with Crippen LogP contribution in [0.4, 0.5) is 0 Å². The zero-order valence-corrected chi connectivity index (χ0v) is 18.7. The lowest BCUT2D eigenvalue weighted by molar-refractivity contribution is -0.118. The van der Waals surface area contributed by atoms with Crippen molar-refractivity contribution in [3.8, 4) is 6.07 Å². The number of hydrogen-bond donors (Lipinski definition) is 2. The van der Waals surface area contributed by atoms with Crippen molar-refractivity contribution in [3.05, 3.63) is 45.5 Å². The van der Waals surface area contributed by atoms with Crippen LogP contribution in [-0.2, 0) is 21.2 Å². The van der Waals surface area contributed by atoms with Crippen LogP contribution in [0.25, 0.3) is 0 Å². The van der Waals surface area contributed by atoms with Crippen molar-refractivity contribution < 1.29 is 18.3 Å². The van der Waals surface area contributed by atoms with E-state index in [4.69, 9.17) is 0 Å². The third-order valence-electron chi connectivity index (χ3n) is 4.42. The van der Waals surface area contributed by atoms with E-state index < -0.39 is 22.0 Å². The number of rotatable bonds is 7. The van der Waals surface area contributed by atoms with Gasteiger partial charge < -0.3 is 5.11 Å². The number of nitrogens with zero attached hydrogens (tertiary/aromatic N) is 2. The molecule has 156 valence electrons. The summed E-state index contributed by atoms with van der Waals surface area (Å²) in [4.78, 5) is 16.8. The number of nitriles is 1. The summed E-state index contributed by atoms with van der Waals surface area (Å²) in [5.41, 5.74) is 2.96. The van der Waals surface area contributed by atoms with E-state index in [1.54, 1.807) is 12.1 Å². The van der Waals surface area contributed by atoms with Crippen molar-refractivity contribution in [3.63, 3.8) is 0 Å². The van der Waals surface area contributed by atoms with Crippen LogP contribution in [0.1, 0.15) is 79.7 Å². The second-order valence-electron chi connectivity index (χ2n) is 7.46. The monoisotopic (exact) mass is 435 g/mol. The lowest BCUT2D eigenvalue weighted by Gasteiger charge is -2.20. The molecule has 0 saturated carbocycles. The summed E-state index contributed by atoms with van der Waals surface area (Å²) < 4.78 is 26.8. The molecule has 0 saturated heterocycles. The Hall–Kier alpha value is -2.28. The first-order valence-corrected chi connectivity index (χ1v) is 11.5. The molecule has 0 aliphatic heterocycles. The Morgan fingerprint density at radius 1 is 1.21 bits per heavy atom. The van der Waals surface area contributed by atoms with Crippen LogP contribution in [0, 0.1) is 11.3 Å². The van der Waals surface area contributed by atoms with E-state index in [1.165, 1.54) is 13.1 Å². The Kier molecular flexibility index (Phi) is 7.16. The third-order valence-corrected chi connectivity index (χ3v) is 7.35. The highest BCUT2D eigenvalue weighted by molar-refractivity contribution is 7.92. The number of aliphatic hydroxyl groups is 1. The largest absolute Gasteiger partial charge is 0.388 e. The van der Waals surface area contributed by atoms with E-state index in [0.29, 0.717) is 10.4 Å². The summed E-state index contributed by atoms with van der Waals surface area (Å²) in [5, 5.41) is 18.9. The van der Waals surface area contributed by atoms with Crippen molar-refractivity contribution >= 4 is 27.3 Å². The van der Waals surface area contributed by atoms with Gasteiger partial charge in [-0.15, -0.1) is 11.3 Å². The SMILES string of the molecule is CC(C)c1cc(C#N)cc(C(C)C)c1CC(=O)NS(=O)(=O)c1ncc(C(C)O)s1. The highest BCUT2D eigenvalue weighted by Crippen LogP contribution is 2.30. The molecule has 2 rings (SSSR count). The zero-order valence-electron chi connectivity index (χ0n) is 17.1. The Morgan fingerprint density at radius 3 is 2.17 bits per heavy atom. The number of carbonyl (C=O) groups excluding carboxylic acids is 1. The molecular weight excluding hydrogens is 410 g/mol. The van der Waals surface area contributed by atoms with Crippen molar-refractivity contribution in [1.29, 1.82) is 5.26 Å². The number of thiazole rings is 1. The van der Waals surface area contributed by atoms with Gasteiger partial charge in [0.25, 0.3) is 10.0 Å². The molecule has 9 heteroatoms. The number of carbonyl (C=O) groups is 1. The van der Waals surface area contributed by atoms with E-state index >= 15 is 0 Å². The minimum Gasteiger partial charge on any atom is -0.388 e. The van der Waals surface area contributed by atoms with Gasteiger partial charge in [-0.1, -0.05) is 27.7 Å². The molecular formula is C20H25N3O4S2. The van der Waals surface area contributed by atoms with Gasteiger partial charge in [0, 0.05) is 6.20 Å². The Bertz CT molecular complexity index is 1020. The van der Waals surface area contributed by atoms with Gasteiger partial charge in [-0.3, -0.25) is 4.79 Å². The van der Waals surface area contributed by atoms with Gasteiger partial charge in [0.15, 0.2) is 0 Å². The first kappa shape index (κ1) is 23.0. The van der Waals surface area contributed by atoms with Gasteiger partial charge >= 0.3 is 0 Å². The van der Waals surface area contributed by atoms with Crippen LogP contribution < -0.4 is 4.72 Å². The molecule has 1 unspecified atom stereocenters. The van der Waals surface area contributed by atoms with Crippen LogP contribution in [0.15, 0.2) is 22.7 Å². The predicted molar refractivity (Wildman–Crippen MR) is 111 cm³/mol. The lowest BCUT2D eigenvalue weighted by Crippen LogP contribution is -2.32. The lowest BCUT2D eigenvalue weighted by atomic mass is 9.85. The predicted octanol–water partition coefficient (Wildman–Crippen LogP) is 3.36. The first-order chi connectivity index (χ1) is 13.5. The number of aliphatic hydroxyl groups excluding tert-OH is 1. The standard InChI is InChI=1S/C20H25N3O4S2/c1-11(2)15-6-14(9-21)7-16(12(3)4)17(15)8-19(25)23-29(26,27)20-22-10-18(28-20)13(5)24/h6-7,10-13,24H,8H2,1-5H3,(H,23,25). The normalized spacial score (nSPS) is 12.8. The van der Waals surface area contributed by atoms with E-state index in [-0.39, 0.29) is 22.6 Å². The van der Waals surface area contributed by atoms with Crippen LogP contribution >= 0.6 is 11.3 Å². The molecule has 29 heavy (non-hydrogen) atoms. The number of sulfonamides is 1. The summed E-state index contributed by atoms with van der Waals surface area (Å²) in [6.07, 6.45) is 0.316. The van der Waals surface area contributed by atoms with Crippen LogP contribution in [-0.4, -0.2) is 24.4 Å². The number of benzene rings is 1. The molecule has 1 amide bonds. The maximum absolute atomic E-state index is 12.6. The Morgan fingerprint density at radius 2 is 1.76 bits per heavy atom. The average molecular weight is 436 g/mol. The number of nitrogens with one attached hydrogen (secondary N) is 1. The molecule has 7 nitrogen and oxygen atoms in total. The van der Waals surface area contributed by atoms with E-state index in [0.717, 1.165) is 28.0 Å². The molecule has 1 atom stereocenters. The van der Waals surface area contributed by atoms with Gasteiger partial charge in [0.1, 0.15) is 0 Å². The third kappa shape index (κ3) is 5.41. The van der Waals surface area contributed by atoms with E-state index in [9.17, 15) is 23.6 Å². The fraction of sp³-hybridized carbons (Fsp3) is 0.450. The van der Waals surface area contributed by atoms with Crippen molar-refractivity contribution in [2.24, 2.45) is 0 Å². The summed E-state index contributed by atoms with van der Waals surface area (Å²) in [6.45, 7) is 9.36. The minimum atomic E-state index is -4.13. The van der Waals surface area contributed by atoms with Gasteiger partial charge in [0.2, 0.25) is 10.2 Å². The van der Waals surface area contributed by atoms with Crippen molar-refractivity contribution in [2.75, 3.05) is 0 Å². The van der Waals surface area contributed by atoms with Gasteiger partial charge in [-0.25, -0.2) is 9.71 Å². The Balaban J connectivity index is 2.35. The minimum absolute atomic E-state index is 0.0627. The van der Waals surface area contributed by atoms with Crippen LogP contribution in [0.3, 0.4) is 0 Å². The number of amides is 1. The highest BCUT2D eigenvalue weighted by Gasteiger charge is 2.25. The second kappa shape index (κ2) is 9.03. The molecule has 0 aliphatic rings. The topological polar surface area (TPSA) is 120 Å². The molecule has 2 aromatic rings. The fourth-order valence-corrected chi connectivity index (χ4v) is 5.08. The molecule has 0 aliphatic carbocycles. The number of aromatic nitrogens is 1. The molecule has 0 bridgehead atoms. The second-order valence-corrected chi connectivity index (χ2v) is 10.4. The average Bonchev–Trinajstić information content (AvgIpc) is 3.12. The van der Waals surface area contributed by atoms with Crippen LogP contribution in [0.2, 0.25) is 0 Å². The summed E-state index contributed by atoms with van der Waals surface area (Å²) in [7, 11) is -4.13. The van der Waals surface area contributed by atoms with Gasteiger partial charge in [-0.2, -0.15) is 13.7 Å². The molecule has 1 heterocycles. The van der Waals surface area contributed by atoms with E-state index in [2.05, 4.69) is 15.8 Å².